The summed E-state index contributed by atoms with van der Waals surface area (Å²) in [6, 6.07) is -0.124. The first-order valence-electron chi connectivity index (χ1n) is 7.83. The minimum Gasteiger partial charge on any atom is -0.444 e. The van der Waals surface area contributed by atoms with E-state index in [0.717, 1.165) is 12.8 Å². The molecule has 0 aromatic rings. The predicted octanol–water partition coefficient (Wildman–Crippen LogP) is 0.708. The number of hydrogen-bond donors (Lipinski definition) is 2. The fourth-order valence-electron chi connectivity index (χ4n) is 3.22. The summed E-state index contributed by atoms with van der Waals surface area (Å²) >= 11 is 0. The van der Waals surface area contributed by atoms with Gasteiger partial charge < -0.3 is 24.6 Å². The summed E-state index contributed by atoms with van der Waals surface area (Å²) in [6.07, 6.45) is 0.808. The van der Waals surface area contributed by atoms with Crippen molar-refractivity contribution in [2.45, 2.75) is 63.4 Å². The molecule has 2 fully saturated rings. The van der Waals surface area contributed by atoms with Gasteiger partial charge in [0.25, 0.3) is 0 Å². The average molecular weight is 316 g/mol. The average Bonchev–Trinajstić information content (AvgIpc) is 2.71. The highest BCUT2D eigenvalue weighted by atomic mass is 16.7. The molecule has 1 amide bonds. The Kier molecular flexibility index (Phi) is 5.65. The number of carbonyl (C=O) groups is 1. The normalized spacial score (nSPS) is 29.5. The molecule has 2 N–H and O–H groups in total. The molecule has 2 aliphatic heterocycles. The lowest BCUT2D eigenvalue weighted by Gasteiger charge is -2.42. The number of hydrogen-bond acceptors (Lipinski definition) is 6. The highest BCUT2D eigenvalue weighted by Crippen LogP contribution is 2.32. The van der Waals surface area contributed by atoms with E-state index in [0.29, 0.717) is 6.54 Å². The molecule has 0 aliphatic carbocycles. The summed E-state index contributed by atoms with van der Waals surface area (Å²) in [5.41, 5.74) is -0.517. The van der Waals surface area contributed by atoms with Crippen LogP contribution in [0.1, 0.15) is 33.6 Å². The predicted molar refractivity (Wildman–Crippen MR) is 80.5 cm³/mol. The van der Waals surface area contributed by atoms with Crippen LogP contribution in [0.5, 0.6) is 0 Å². The zero-order chi connectivity index (χ0) is 16.3. The van der Waals surface area contributed by atoms with Gasteiger partial charge in [-0.15, -0.1) is 0 Å². The fraction of sp³-hybridized carbons (Fsp3) is 0.933. The second-order valence-corrected chi connectivity index (χ2v) is 6.96. The maximum absolute atomic E-state index is 12.4. The number of methoxy groups -OCH3 is 1. The summed E-state index contributed by atoms with van der Waals surface area (Å²) in [6.45, 7) is 6.57. The van der Waals surface area contributed by atoms with Crippen LogP contribution in [0.15, 0.2) is 0 Å². The number of nitrogens with one attached hydrogen (secondary N) is 1. The van der Waals surface area contributed by atoms with Crippen molar-refractivity contribution in [2.75, 3.05) is 27.1 Å². The zero-order valence-corrected chi connectivity index (χ0v) is 13.9. The van der Waals surface area contributed by atoms with Crippen LogP contribution in [-0.4, -0.2) is 73.0 Å². The fourth-order valence-corrected chi connectivity index (χ4v) is 3.22. The van der Waals surface area contributed by atoms with Gasteiger partial charge in [0.1, 0.15) is 12.4 Å². The van der Waals surface area contributed by atoms with E-state index in [1.165, 1.54) is 7.11 Å². The van der Waals surface area contributed by atoms with Gasteiger partial charge in [-0.25, -0.2) is 4.79 Å². The van der Waals surface area contributed by atoms with Gasteiger partial charge in [0.05, 0.1) is 24.8 Å². The Hall–Kier alpha value is -0.890. The third-order valence-corrected chi connectivity index (χ3v) is 4.06. The first kappa shape index (κ1) is 17.5. The first-order valence-corrected chi connectivity index (χ1v) is 7.83. The number of ether oxygens (including phenoxy) is 3. The molecule has 0 radical (unpaired) electrons. The van der Waals surface area contributed by atoms with Crippen molar-refractivity contribution >= 4 is 6.09 Å². The summed E-state index contributed by atoms with van der Waals surface area (Å²) in [5.74, 6) is 0. The molecule has 7 nitrogen and oxygen atoms in total. The molecule has 2 saturated heterocycles. The van der Waals surface area contributed by atoms with Gasteiger partial charge in [0.15, 0.2) is 0 Å². The Morgan fingerprint density at radius 3 is 2.77 bits per heavy atom. The smallest absolute Gasteiger partial charge is 0.410 e. The van der Waals surface area contributed by atoms with Crippen LogP contribution in [0.4, 0.5) is 4.79 Å². The van der Waals surface area contributed by atoms with Gasteiger partial charge in [-0.2, -0.15) is 0 Å². The Balaban J connectivity index is 1.99. The molecular formula is C15H28N2O5. The molecule has 2 bridgehead atoms. The second kappa shape index (κ2) is 7.12. The standard InChI is InChI=1S/C15H28N2O5/c1-15(2,3)22-14(19)17-10-5-6-11(17)13(16-7-10)12(18)8-21-9-20-4/h10-13,16,18H,5-9H2,1-4H3/t10-,11+,12+,13+/m1/s1. The lowest BCUT2D eigenvalue weighted by Crippen LogP contribution is -2.64. The summed E-state index contributed by atoms with van der Waals surface area (Å²) < 4.78 is 15.6. The van der Waals surface area contributed by atoms with Crippen molar-refractivity contribution in [3.8, 4) is 0 Å². The van der Waals surface area contributed by atoms with Crippen LogP contribution < -0.4 is 5.32 Å². The lowest BCUT2D eigenvalue weighted by molar-refractivity contribution is -0.0784. The Bertz CT molecular complexity index is 385. The molecule has 128 valence electrons. The topological polar surface area (TPSA) is 80.3 Å². The molecule has 0 aromatic heterocycles. The SMILES string of the molecule is COCOC[C@H](O)[C@H]1NC[C@H]2CC[C@@H]1N2C(=O)OC(C)(C)C. The van der Waals surface area contributed by atoms with Gasteiger partial charge in [-0.05, 0) is 33.6 Å². The highest BCUT2D eigenvalue weighted by Gasteiger charge is 2.48. The molecule has 4 atom stereocenters. The Labute approximate surface area is 131 Å². The largest absolute Gasteiger partial charge is 0.444 e. The first-order chi connectivity index (χ1) is 10.3. The minimum absolute atomic E-state index is 0.0604. The van der Waals surface area contributed by atoms with Crippen molar-refractivity contribution in [2.24, 2.45) is 0 Å². The van der Waals surface area contributed by atoms with Crippen LogP contribution in [-0.2, 0) is 14.2 Å². The molecular weight excluding hydrogens is 288 g/mol. The summed E-state index contributed by atoms with van der Waals surface area (Å²) in [7, 11) is 1.54. The van der Waals surface area contributed by atoms with Gasteiger partial charge in [-0.3, -0.25) is 4.90 Å². The lowest BCUT2D eigenvalue weighted by atomic mass is 10.00. The van der Waals surface area contributed by atoms with Crippen molar-refractivity contribution < 1.29 is 24.1 Å². The monoisotopic (exact) mass is 316 g/mol. The third-order valence-electron chi connectivity index (χ3n) is 4.06. The van der Waals surface area contributed by atoms with Gasteiger partial charge in [0, 0.05) is 19.7 Å². The van der Waals surface area contributed by atoms with Crippen molar-refractivity contribution in [3.63, 3.8) is 0 Å². The number of aliphatic hydroxyl groups is 1. The number of piperazine rings is 1. The maximum Gasteiger partial charge on any atom is 0.410 e. The molecule has 2 heterocycles. The Morgan fingerprint density at radius 2 is 2.14 bits per heavy atom. The summed E-state index contributed by atoms with van der Waals surface area (Å²) in [4.78, 5) is 14.2. The number of amides is 1. The van der Waals surface area contributed by atoms with E-state index >= 15 is 0 Å². The number of rotatable bonds is 5. The molecule has 7 heteroatoms. The third kappa shape index (κ3) is 4.10. The van der Waals surface area contributed by atoms with E-state index in [9.17, 15) is 9.90 Å². The molecule has 0 aromatic carbocycles. The summed E-state index contributed by atoms with van der Waals surface area (Å²) in [5, 5.41) is 13.7. The van der Waals surface area contributed by atoms with E-state index < -0.39 is 11.7 Å². The molecule has 0 unspecified atom stereocenters. The molecule has 2 rings (SSSR count). The van der Waals surface area contributed by atoms with Crippen LogP contribution in [0, 0.1) is 0 Å². The van der Waals surface area contributed by atoms with E-state index in [-0.39, 0.29) is 37.6 Å². The highest BCUT2D eigenvalue weighted by molar-refractivity contribution is 5.70. The van der Waals surface area contributed by atoms with E-state index in [2.05, 4.69) is 5.32 Å². The molecule has 2 aliphatic rings. The van der Waals surface area contributed by atoms with E-state index in [1.54, 1.807) is 4.90 Å². The zero-order valence-electron chi connectivity index (χ0n) is 13.9. The van der Waals surface area contributed by atoms with Gasteiger partial charge in [0.2, 0.25) is 0 Å². The second-order valence-electron chi connectivity index (χ2n) is 6.96. The number of carbonyl (C=O) groups excluding carboxylic acids is 1. The van der Waals surface area contributed by atoms with E-state index in [1.807, 2.05) is 20.8 Å². The van der Waals surface area contributed by atoms with E-state index in [4.69, 9.17) is 14.2 Å². The van der Waals surface area contributed by atoms with Crippen LogP contribution >= 0.6 is 0 Å². The number of fused-ring (bicyclic) bond motifs is 2. The van der Waals surface area contributed by atoms with Crippen LogP contribution in [0.25, 0.3) is 0 Å². The Morgan fingerprint density at radius 1 is 1.41 bits per heavy atom. The quantitative estimate of drug-likeness (QED) is 0.574. The maximum atomic E-state index is 12.4. The van der Waals surface area contributed by atoms with Gasteiger partial charge >= 0.3 is 6.09 Å². The van der Waals surface area contributed by atoms with Crippen molar-refractivity contribution in [1.82, 2.24) is 10.2 Å². The van der Waals surface area contributed by atoms with Gasteiger partial charge in [-0.1, -0.05) is 0 Å². The van der Waals surface area contributed by atoms with Crippen molar-refractivity contribution in [1.29, 1.82) is 0 Å². The van der Waals surface area contributed by atoms with Crippen LogP contribution in [0.3, 0.4) is 0 Å². The molecule has 0 saturated carbocycles. The molecule has 22 heavy (non-hydrogen) atoms. The number of aliphatic hydroxyl groups excluding tert-OH is 1. The minimum atomic E-state index is -0.691. The molecule has 0 spiro atoms. The van der Waals surface area contributed by atoms with Crippen molar-refractivity contribution in [3.05, 3.63) is 0 Å². The van der Waals surface area contributed by atoms with Crippen LogP contribution in [0.2, 0.25) is 0 Å². The number of nitrogens with zero attached hydrogens (tertiary/aromatic N) is 1.